The highest BCUT2D eigenvalue weighted by atomic mass is 19.1. The topological polar surface area (TPSA) is 85.4 Å². The van der Waals surface area contributed by atoms with Gasteiger partial charge in [-0.3, -0.25) is 4.79 Å². The predicted molar refractivity (Wildman–Crippen MR) is 96.2 cm³/mol. The van der Waals surface area contributed by atoms with Crippen LogP contribution in [0, 0.1) is 11.6 Å². The second-order valence-corrected chi connectivity index (χ2v) is 5.90. The summed E-state index contributed by atoms with van der Waals surface area (Å²) in [6, 6.07) is 11.8. The number of nitrogens with zero attached hydrogens (tertiary/aromatic N) is 2. The average Bonchev–Trinajstić information content (AvgIpc) is 3.17. The zero-order chi connectivity index (χ0) is 19.5. The number of anilines is 2. The second-order valence-electron chi connectivity index (χ2n) is 5.90. The Labute approximate surface area is 158 Å². The average molecular weight is 384 g/mol. The molecule has 28 heavy (non-hydrogen) atoms. The van der Waals surface area contributed by atoms with E-state index < -0.39 is 23.2 Å². The fourth-order valence-corrected chi connectivity index (χ4v) is 2.59. The minimum atomic E-state index is -0.872. The minimum absolute atomic E-state index is 0.0729. The Morgan fingerprint density at radius 3 is 2.54 bits per heavy atom. The second kappa shape index (κ2) is 7.47. The van der Waals surface area contributed by atoms with Gasteiger partial charge in [-0.2, -0.15) is 0 Å². The number of carbonyl (C=O) groups is 1. The number of hydrogen-bond acceptors (Lipinski definition) is 6. The number of rotatable bonds is 5. The van der Waals surface area contributed by atoms with E-state index in [-0.39, 0.29) is 12.5 Å². The zero-order valence-corrected chi connectivity index (χ0v) is 14.4. The molecule has 0 aliphatic carbocycles. The number of nitrogens with one attached hydrogen (secondary N) is 2. The largest absolute Gasteiger partial charge is 0.454 e. The van der Waals surface area contributed by atoms with Crippen molar-refractivity contribution in [2.24, 2.45) is 0 Å². The summed E-state index contributed by atoms with van der Waals surface area (Å²) < 4.78 is 37.8. The van der Waals surface area contributed by atoms with Gasteiger partial charge in [0.1, 0.15) is 23.1 Å². The molecule has 0 saturated carbocycles. The Bertz CT molecular complexity index is 1010. The van der Waals surface area contributed by atoms with Crippen molar-refractivity contribution >= 4 is 17.4 Å². The maximum atomic E-state index is 13.6. The standard InChI is InChI=1S/C19H14F2N4O3/c20-12-2-1-3-13(21)18(12)23-19(26)14-5-7-17(25-24-14)22-9-11-4-6-15-16(8-11)28-10-27-15/h1-8H,9-10H2,(H,22,25)(H,23,26). The first-order valence-corrected chi connectivity index (χ1v) is 8.31. The van der Waals surface area contributed by atoms with E-state index in [1.807, 2.05) is 18.2 Å². The molecule has 0 radical (unpaired) electrons. The molecule has 142 valence electrons. The normalized spacial score (nSPS) is 11.9. The van der Waals surface area contributed by atoms with Crippen LogP contribution < -0.4 is 20.1 Å². The number of para-hydroxylation sites is 1. The smallest absolute Gasteiger partial charge is 0.276 e. The van der Waals surface area contributed by atoms with Crippen LogP contribution in [0.25, 0.3) is 0 Å². The summed E-state index contributed by atoms with van der Waals surface area (Å²) in [7, 11) is 0. The van der Waals surface area contributed by atoms with Gasteiger partial charge >= 0.3 is 0 Å². The lowest BCUT2D eigenvalue weighted by molar-refractivity contribution is 0.102. The molecule has 1 aliphatic rings. The molecule has 1 aromatic heterocycles. The summed E-state index contributed by atoms with van der Waals surface area (Å²) in [6.07, 6.45) is 0. The Kier molecular flexibility index (Phi) is 4.71. The molecule has 2 N–H and O–H groups in total. The molecule has 9 heteroatoms. The number of hydrogen-bond donors (Lipinski definition) is 2. The lowest BCUT2D eigenvalue weighted by Crippen LogP contribution is -2.16. The van der Waals surface area contributed by atoms with E-state index in [2.05, 4.69) is 20.8 Å². The van der Waals surface area contributed by atoms with Crippen molar-refractivity contribution in [3.8, 4) is 11.5 Å². The van der Waals surface area contributed by atoms with Crippen LogP contribution in [0.4, 0.5) is 20.3 Å². The first-order valence-electron chi connectivity index (χ1n) is 8.31. The van der Waals surface area contributed by atoms with Gasteiger partial charge < -0.3 is 20.1 Å². The molecule has 4 rings (SSSR count). The van der Waals surface area contributed by atoms with Crippen LogP contribution in [0.5, 0.6) is 11.5 Å². The summed E-state index contributed by atoms with van der Waals surface area (Å²) in [5.41, 5.74) is 0.346. The Morgan fingerprint density at radius 2 is 1.79 bits per heavy atom. The van der Waals surface area contributed by atoms with E-state index in [0.717, 1.165) is 17.7 Å². The molecule has 7 nitrogen and oxygen atoms in total. The Morgan fingerprint density at radius 1 is 1.00 bits per heavy atom. The molecular formula is C19H14F2N4O3. The van der Waals surface area contributed by atoms with Crippen LogP contribution in [0.15, 0.2) is 48.5 Å². The van der Waals surface area contributed by atoms with E-state index >= 15 is 0 Å². The number of amides is 1. The van der Waals surface area contributed by atoms with Crippen molar-refractivity contribution < 1.29 is 23.0 Å². The van der Waals surface area contributed by atoms with E-state index in [4.69, 9.17) is 9.47 Å². The lowest BCUT2D eigenvalue weighted by atomic mass is 10.2. The highest BCUT2D eigenvalue weighted by Gasteiger charge is 2.15. The van der Waals surface area contributed by atoms with E-state index in [9.17, 15) is 13.6 Å². The first kappa shape index (κ1) is 17.7. The molecule has 0 fully saturated rings. The van der Waals surface area contributed by atoms with Crippen LogP contribution in [0.2, 0.25) is 0 Å². The third-order valence-electron chi connectivity index (χ3n) is 4.01. The SMILES string of the molecule is O=C(Nc1c(F)cccc1F)c1ccc(NCc2ccc3c(c2)OCO3)nn1. The van der Waals surface area contributed by atoms with Gasteiger partial charge in [0.2, 0.25) is 6.79 Å². The highest BCUT2D eigenvalue weighted by Crippen LogP contribution is 2.32. The summed E-state index contributed by atoms with van der Waals surface area (Å²) in [4.78, 5) is 12.1. The molecule has 3 aromatic rings. The van der Waals surface area contributed by atoms with E-state index in [1.165, 1.54) is 12.1 Å². The molecule has 0 spiro atoms. The van der Waals surface area contributed by atoms with Crippen molar-refractivity contribution in [3.63, 3.8) is 0 Å². The predicted octanol–water partition coefficient (Wildman–Crippen LogP) is 3.35. The van der Waals surface area contributed by atoms with Gasteiger partial charge in [-0.25, -0.2) is 8.78 Å². The van der Waals surface area contributed by atoms with Gasteiger partial charge in [-0.05, 0) is 42.0 Å². The first-order chi connectivity index (χ1) is 13.6. The lowest BCUT2D eigenvalue weighted by Gasteiger charge is -2.08. The fraction of sp³-hybridized carbons (Fsp3) is 0.105. The van der Waals surface area contributed by atoms with E-state index in [1.54, 1.807) is 6.07 Å². The Hall–Kier alpha value is -3.75. The van der Waals surface area contributed by atoms with Crippen LogP contribution >= 0.6 is 0 Å². The van der Waals surface area contributed by atoms with Crippen molar-refractivity contribution in [2.75, 3.05) is 17.4 Å². The molecule has 0 bridgehead atoms. The molecule has 0 saturated heterocycles. The van der Waals surface area contributed by atoms with Crippen LogP contribution in [0.1, 0.15) is 16.1 Å². The maximum Gasteiger partial charge on any atom is 0.276 e. The van der Waals surface area contributed by atoms with Gasteiger partial charge in [0.05, 0.1) is 0 Å². The van der Waals surface area contributed by atoms with Crippen molar-refractivity contribution in [1.29, 1.82) is 0 Å². The number of benzene rings is 2. The van der Waals surface area contributed by atoms with Crippen LogP contribution in [-0.2, 0) is 6.54 Å². The third-order valence-corrected chi connectivity index (χ3v) is 4.01. The van der Waals surface area contributed by atoms with Gasteiger partial charge in [0.25, 0.3) is 5.91 Å². The zero-order valence-electron chi connectivity index (χ0n) is 14.4. The number of halogens is 2. The molecule has 0 unspecified atom stereocenters. The molecule has 1 aliphatic heterocycles. The van der Waals surface area contributed by atoms with Crippen LogP contribution in [0.3, 0.4) is 0 Å². The number of carbonyl (C=O) groups excluding carboxylic acids is 1. The molecule has 1 amide bonds. The third kappa shape index (κ3) is 3.68. The molecular weight excluding hydrogens is 370 g/mol. The monoisotopic (exact) mass is 384 g/mol. The quantitative estimate of drug-likeness (QED) is 0.702. The van der Waals surface area contributed by atoms with Gasteiger partial charge in [-0.1, -0.05) is 12.1 Å². The molecule has 0 atom stereocenters. The van der Waals surface area contributed by atoms with Crippen molar-refractivity contribution in [1.82, 2.24) is 10.2 Å². The fourth-order valence-electron chi connectivity index (χ4n) is 2.59. The van der Waals surface area contributed by atoms with E-state index in [0.29, 0.717) is 23.9 Å². The maximum absolute atomic E-state index is 13.6. The summed E-state index contributed by atoms with van der Waals surface area (Å²) in [6.45, 7) is 0.662. The van der Waals surface area contributed by atoms with Crippen molar-refractivity contribution in [3.05, 3.63) is 71.4 Å². The summed E-state index contributed by atoms with van der Waals surface area (Å²) in [5, 5.41) is 12.9. The van der Waals surface area contributed by atoms with Crippen molar-refractivity contribution in [2.45, 2.75) is 6.54 Å². The highest BCUT2D eigenvalue weighted by molar-refractivity contribution is 6.02. The summed E-state index contributed by atoms with van der Waals surface area (Å²) in [5.74, 6) is -0.695. The summed E-state index contributed by atoms with van der Waals surface area (Å²) >= 11 is 0. The molecule has 2 aromatic carbocycles. The van der Waals surface area contributed by atoms with Gasteiger partial charge in [0, 0.05) is 6.54 Å². The number of aromatic nitrogens is 2. The van der Waals surface area contributed by atoms with Gasteiger partial charge in [-0.15, -0.1) is 10.2 Å². The Balaban J connectivity index is 1.39. The number of ether oxygens (including phenoxy) is 2. The number of fused-ring (bicyclic) bond motifs is 1. The van der Waals surface area contributed by atoms with Crippen LogP contribution in [-0.4, -0.2) is 22.9 Å². The molecule has 2 heterocycles. The minimum Gasteiger partial charge on any atom is -0.454 e. The van der Waals surface area contributed by atoms with Gasteiger partial charge in [0.15, 0.2) is 17.2 Å².